The lowest BCUT2D eigenvalue weighted by Crippen LogP contribution is -2.13. The molecule has 0 saturated carbocycles. The molecule has 39 heavy (non-hydrogen) atoms. The molecule has 0 aromatic heterocycles. The van der Waals surface area contributed by atoms with Gasteiger partial charge < -0.3 is 15.3 Å². The molecule has 1 aliphatic carbocycles. The molecule has 0 fully saturated rings. The third kappa shape index (κ3) is 11.4. The number of thioether (sulfide) groups is 1. The van der Waals surface area contributed by atoms with Crippen LogP contribution >= 0.6 is 23.4 Å². The first-order valence-electron chi connectivity index (χ1n) is 12.3. The molecule has 1 aliphatic rings. The summed E-state index contributed by atoms with van der Waals surface area (Å²) in [6, 6.07) is 5.95. The van der Waals surface area contributed by atoms with Crippen molar-refractivity contribution in [2.45, 2.75) is 38.0 Å². The fourth-order valence-corrected chi connectivity index (χ4v) is 4.34. The zero-order chi connectivity index (χ0) is 28.8. The number of halogens is 5. The third-order valence-corrected chi connectivity index (χ3v) is 7.02. The quantitative estimate of drug-likeness (QED) is 0.0921. The maximum atomic E-state index is 13.4. The largest absolute Gasteiger partial charge is 0.396 e. The predicted molar refractivity (Wildman–Crippen MR) is 148 cm³/mol. The molecule has 3 rings (SSSR count). The summed E-state index contributed by atoms with van der Waals surface area (Å²) in [5.74, 6) is -4.80. The molecule has 5 nitrogen and oxygen atoms in total. The van der Waals surface area contributed by atoms with Crippen LogP contribution in [0.2, 0.25) is 5.02 Å². The van der Waals surface area contributed by atoms with E-state index in [0.717, 1.165) is 12.8 Å². The number of carbonyl (C=O) groups is 1. The van der Waals surface area contributed by atoms with Crippen LogP contribution in [0.15, 0.2) is 64.4 Å². The van der Waals surface area contributed by atoms with Crippen LogP contribution in [0.25, 0.3) is 0 Å². The van der Waals surface area contributed by atoms with Gasteiger partial charge in [-0.2, -0.15) is 0 Å². The first-order valence-corrected chi connectivity index (χ1v) is 13.7. The summed E-state index contributed by atoms with van der Waals surface area (Å²) in [5.41, 5.74) is 0.00128. The molecule has 2 N–H and O–H groups in total. The number of benzene rings is 2. The standard InChI is InChI=1S/C24H21ClF4N2O2S.C4H10O/c1-14(11-30-33-12-15-3-2-4-17(26)7-15)13-34-22-8-16(5-6-19(22)25)24(32)31-18-9-20(27)23(29)21(28)10-18;1-2-3-4-5/h2,4-11,14-15H,3,12-13H2,1H3,(H,31,32);5H,2-4H2,1H3/b30-11+;. The van der Waals surface area contributed by atoms with E-state index in [1.165, 1.54) is 36.0 Å². The topological polar surface area (TPSA) is 70.9 Å². The Balaban J connectivity index is 0.000000976. The van der Waals surface area contributed by atoms with Gasteiger partial charge >= 0.3 is 0 Å². The normalized spacial score (nSPS) is 15.4. The van der Waals surface area contributed by atoms with Crippen molar-refractivity contribution in [2.24, 2.45) is 17.0 Å². The summed E-state index contributed by atoms with van der Waals surface area (Å²) in [4.78, 5) is 18.4. The number of allylic oxidation sites excluding steroid dienone is 3. The maximum Gasteiger partial charge on any atom is 0.255 e. The van der Waals surface area contributed by atoms with E-state index in [-0.39, 0.29) is 35.5 Å². The van der Waals surface area contributed by atoms with Crippen LogP contribution in [-0.4, -0.2) is 36.2 Å². The molecule has 2 atom stereocenters. The number of aliphatic hydroxyl groups excluding tert-OH is 1. The summed E-state index contributed by atoms with van der Waals surface area (Å²) < 4.78 is 53.1. The van der Waals surface area contributed by atoms with Gasteiger partial charge in [0.1, 0.15) is 12.4 Å². The Morgan fingerprint density at radius 1 is 1.26 bits per heavy atom. The number of hydrogen-bond donors (Lipinski definition) is 2. The van der Waals surface area contributed by atoms with Gasteiger partial charge in [-0.25, -0.2) is 17.6 Å². The molecule has 1 amide bonds. The Hall–Kier alpha value is -2.82. The molecule has 0 heterocycles. The van der Waals surface area contributed by atoms with Crippen molar-refractivity contribution in [1.82, 2.24) is 0 Å². The van der Waals surface area contributed by atoms with Crippen LogP contribution in [0.5, 0.6) is 0 Å². The molecule has 0 bridgehead atoms. The number of carbonyl (C=O) groups excluding carboxylic acids is 1. The average molecular weight is 587 g/mol. The Morgan fingerprint density at radius 2 is 1.97 bits per heavy atom. The Bertz CT molecular complexity index is 1170. The SMILES string of the molecule is CC(/C=N/OCC1C=C(F)C=CC1)CSc1cc(C(=O)Nc2cc(F)c(F)c(F)c2)ccc1Cl.CCCCO. The lowest BCUT2D eigenvalue weighted by atomic mass is 10.0. The lowest BCUT2D eigenvalue weighted by molar-refractivity contribution is 0.102. The highest BCUT2D eigenvalue weighted by molar-refractivity contribution is 7.99. The third-order valence-electron chi connectivity index (χ3n) is 5.24. The Labute approximate surface area is 235 Å². The van der Waals surface area contributed by atoms with Crippen LogP contribution in [0.4, 0.5) is 23.2 Å². The smallest absolute Gasteiger partial charge is 0.255 e. The molecular weight excluding hydrogens is 556 g/mol. The van der Waals surface area contributed by atoms with E-state index in [1.54, 1.807) is 18.4 Å². The van der Waals surface area contributed by atoms with Gasteiger partial charge in [0.15, 0.2) is 17.5 Å². The number of oxime groups is 1. The number of unbranched alkanes of at least 4 members (excludes halogenated alkanes) is 1. The molecule has 0 radical (unpaired) electrons. The molecule has 0 spiro atoms. The van der Waals surface area contributed by atoms with Crippen molar-refractivity contribution in [2.75, 3.05) is 24.3 Å². The lowest BCUT2D eigenvalue weighted by Gasteiger charge is -2.12. The minimum atomic E-state index is -1.61. The van der Waals surface area contributed by atoms with Crippen molar-refractivity contribution in [3.05, 3.63) is 82.4 Å². The van der Waals surface area contributed by atoms with Gasteiger partial charge in [0, 0.05) is 58.7 Å². The second-order valence-corrected chi connectivity index (χ2v) is 10.2. The van der Waals surface area contributed by atoms with Crippen LogP contribution in [0.3, 0.4) is 0 Å². The van der Waals surface area contributed by atoms with Gasteiger partial charge in [0.25, 0.3) is 5.91 Å². The minimum absolute atomic E-state index is 0.00208. The van der Waals surface area contributed by atoms with Crippen LogP contribution in [-0.2, 0) is 4.84 Å². The molecule has 11 heteroatoms. The molecule has 0 aliphatic heterocycles. The van der Waals surface area contributed by atoms with E-state index >= 15 is 0 Å². The summed E-state index contributed by atoms with van der Waals surface area (Å²) >= 11 is 7.62. The van der Waals surface area contributed by atoms with Gasteiger partial charge in [-0.05, 0) is 43.2 Å². The maximum absolute atomic E-state index is 13.4. The fraction of sp³-hybridized carbons (Fsp3) is 0.357. The van der Waals surface area contributed by atoms with Gasteiger partial charge in [0.05, 0.1) is 5.02 Å². The van der Waals surface area contributed by atoms with Crippen molar-refractivity contribution in [1.29, 1.82) is 0 Å². The first kappa shape index (κ1) is 32.4. The molecule has 2 unspecified atom stereocenters. The Kier molecular flexibility index (Phi) is 14.1. The van der Waals surface area contributed by atoms with Crippen LogP contribution < -0.4 is 5.32 Å². The van der Waals surface area contributed by atoms with Crippen LogP contribution in [0, 0.1) is 29.3 Å². The second-order valence-electron chi connectivity index (χ2n) is 8.72. The van der Waals surface area contributed by atoms with E-state index in [9.17, 15) is 22.4 Å². The molecule has 2 aromatic carbocycles. The van der Waals surface area contributed by atoms with Gasteiger partial charge in [-0.15, -0.1) is 11.8 Å². The summed E-state index contributed by atoms with van der Waals surface area (Å²) in [5, 5.41) is 14.8. The van der Waals surface area contributed by atoms with E-state index in [4.69, 9.17) is 21.5 Å². The highest BCUT2D eigenvalue weighted by Crippen LogP contribution is 2.30. The highest BCUT2D eigenvalue weighted by Gasteiger charge is 2.15. The fourth-order valence-electron chi connectivity index (χ4n) is 3.11. The van der Waals surface area contributed by atoms with Crippen molar-refractivity contribution in [3.63, 3.8) is 0 Å². The van der Waals surface area contributed by atoms with E-state index < -0.39 is 23.4 Å². The molecular formula is C28H31ClF4N2O3S. The van der Waals surface area contributed by atoms with Gasteiger partial charge in [-0.1, -0.05) is 43.1 Å². The zero-order valence-corrected chi connectivity index (χ0v) is 23.2. The van der Waals surface area contributed by atoms with E-state index in [0.29, 0.717) is 40.8 Å². The number of rotatable bonds is 11. The highest BCUT2D eigenvalue weighted by atomic mass is 35.5. The zero-order valence-electron chi connectivity index (χ0n) is 21.6. The number of amides is 1. The van der Waals surface area contributed by atoms with Gasteiger partial charge in [-0.3, -0.25) is 4.79 Å². The van der Waals surface area contributed by atoms with Crippen molar-refractivity contribution < 1.29 is 32.3 Å². The summed E-state index contributed by atoms with van der Waals surface area (Å²) in [6.07, 6.45) is 9.04. The predicted octanol–water partition coefficient (Wildman–Crippen LogP) is 7.95. The van der Waals surface area contributed by atoms with Gasteiger partial charge in [0.2, 0.25) is 0 Å². The summed E-state index contributed by atoms with van der Waals surface area (Å²) in [6.45, 7) is 4.59. The second kappa shape index (κ2) is 17.0. The summed E-state index contributed by atoms with van der Waals surface area (Å²) in [7, 11) is 0. The minimum Gasteiger partial charge on any atom is -0.396 e. The van der Waals surface area contributed by atoms with Crippen LogP contribution in [0.1, 0.15) is 43.5 Å². The monoisotopic (exact) mass is 586 g/mol. The van der Waals surface area contributed by atoms with Crippen molar-refractivity contribution in [3.8, 4) is 0 Å². The molecule has 212 valence electrons. The first-order chi connectivity index (χ1) is 18.6. The molecule has 2 aromatic rings. The van der Waals surface area contributed by atoms with E-state index in [2.05, 4.69) is 17.4 Å². The number of nitrogens with one attached hydrogen (secondary N) is 1. The number of nitrogens with zero attached hydrogens (tertiary/aromatic N) is 1. The Morgan fingerprint density at radius 3 is 2.59 bits per heavy atom. The number of aliphatic hydroxyl groups is 1. The van der Waals surface area contributed by atoms with Crippen molar-refractivity contribution >= 4 is 41.2 Å². The number of hydrogen-bond acceptors (Lipinski definition) is 5. The average Bonchev–Trinajstić information content (AvgIpc) is 2.90. The van der Waals surface area contributed by atoms with E-state index in [1.807, 2.05) is 6.92 Å². The number of anilines is 1. The molecule has 0 saturated heterocycles.